The monoisotopic (exact) mass is 928 g/mol. The number of anilines is 5. The number of sulfonamides is 1. The molecule has 0 saturated carbocycles. The first-order valence-corrected chi connectivity index (χ1v) is 24.4. The largest absolute Gasteiger partial charge is 0.494 e. The molecule has 0 spiro atoms. The number of aryl methyl sites for hydroxylation is 1. The Hall–Kier alpha value is -5.53. The van der Waals surface area contributed by atoms with Crippen LogP contribution in [0.5, 0.6) is 11.5 Å². The maximum atomic E-state index is 13.1. The van der Waals surface area contributed by atoms with Crippen molar-refractivity contribution in [2.45, 2.75) is 76.8 Å². The zero-order chi connectivity index (χ0) is 45.8. The first-order valence-electron chi connectivity index (χ1n) is 22.3. The Kier molecular flexibility index (Phi) is 14.1. The van der Waals surface area contributed by atoms with Gasteiger partial charge in [0.15, 0.2) is 5.82 Å². The number of fused-ring (bicyclic) bond motifs is 1. The van der Waals surface area contributed by atoms with Crippen molar-refractivity contribution in [1.82, 2.24) is 30.0 Å². The molecule has 1 atom stereocenters. The summed E-state index contributed by atoms with van der Waals surface area (Å²) in [5.74, 6) is 0.309. The molecule has 4 aliphatic rings. The third kappa shape index (κ3) is 10.6. The number of benzene rings is 3. The first-order chi connectivity index (χ1) is 31.3. The summed E-state index contributed by atoms with van der Waals surface area (Å²) in [5, 5.41) is 14.5. The highest BCUT2D eigenvalue weighted by Crippen LogP contribution is 2.38. The lowest BCUT2D eigenvalue weighted by Gasteiger charge is -2.43. The number of piperidine rings is 2. The molecule has 19 heteroatoms. The molecule has 17 nitrogen and oxygen atoms in total. The molecule has 3 saturated heterocycles. The number of ether oxygens (including phenoxy) is 2. The van der Waals surface area contributed by atoms with Crippen LogP contribution in [0.2, 0.25) is 5.02 Å². The van der Waals surface area contributed by atoms with E-state index >= 15 is 0 Å². The Morgan fingerprint density at radius 2 is 1.72 bits per heavy atom. The van der Waals surface area contributed by atoms with E-state index in [0.29, 0.717) is 59.6 Å². The zero-order valence-corrected chi connectivity index (χ0v) is 38.6. The van der Waals surface area contributed by atoms with Crippen LogP contribution in [0.1, 0.15) is 72.1 Å². The normalized spacial score (nSPS) is 18.7. The van der Waals surface area contributed by atoms with E-state index in [1.54, 1.807) is 30.2 Å². The second-order valence-electron chi connectivity index (χ2n) is 16.9. The summed E-state index contributed by atoms with van der Waals surface area (Å²) in [5.41, 5.74) is 6.59. The summed E-state index contributed by atoms with van der Waals surface area (Å²) in [7, 11) is -2.24. The predicted octanol–water partition coefficient (Wildman–Crippen LogP) is 4.97. The van der Waals surface area contributed by atoms with Crippen molar-refractivity contribution >= 4 is 68.2 Å². The van der Waals surface area contributed by atoms with E-state index in [-0.39, 0.29) is 40.9 Å². The third-order valence-electron chi connectivity index (χ3n) is 12.8. The van der Waals surface area contributed by atoms with E-state index in [9.17, 15) is 22.8 Å². The second-order valence-corrected chi connectivity index (χ2v) is 19.0. The molecular weight excluding hydrogens is 872 g/mol. The number of amides is 3. The first kappa shape index (κ1) is 46.0. The number of nitrogens with zero attached hydrogens (tertiary/aromatic N) is 6. The fourth-order valence-corrected chi connectivity index (χ4v) is 10.3. The van der Waals surface area contributed by atoms with E-state index in [0.717, 1.165) is 88.3 Å². The minimum atomic E-state index is -3.88. The molecule has 3 amide bonds. The Labute approximate surface area is 385 Å². The topological polar surface area (TPSA) is 205 Å². The molecule has 0 bridgehead atoms. The van der Waals surface area contributed by atoms with Crippen LogP contribution in [0, 0.1) is 0 Å². The third-order valence-corrected chi connectivity index (χ3v) is 13.8. The van der Waals surface area contributed by atoms with E-state index in [1.165, 1.54) is 11.8 Å². The quantitative estimate of drug-likeness (QED) is 0.110. The highest BCUT2D eigenvalue weighted by Gasteiger charge is 2.39. The maximum Gasteiger partial charge on any atom is 0.255 e. The van der Waals surface area contributed by atoms with Crippen LogP contribution in [-0.2, 0) is 44.8 Å². The smallest absolute Gasteiger partial charge is 0.255 e. The number of nitrogens with two attached hydrogens (primary N) is 1. The molecule has 1 unspecified atom stereocenters. The lowest BCUT2D eigenvalue weighted by molar-refractivity contribution is -0.136. The van der Waals surface area contributed by atoms with Crippen LogP contribution in [0.15, 0.2) is 54.7 Å². The van der Waals surface area contributed by atoms with Crippen molar-refractivity contribution in [2.24, 2.45) is 5.14 Å². The fourth-order valence-electron chi connectivity index (χ4n) is 9.44. The van der Waals surface area contributed by atoms with Crippen LogP contribution < -0.4 is 35.5 Å². The summed E-state index contributed by atoms with van der Waals surface area (Å²) in [6.45, 7) is 11.6. The van der Waals surface area contributed by atoms with Crippen molar-refractivity contribution in [2.75, 3.05) is 75.1 Å². The Bertz CT molecular complexity index is 2550. The fraction of sp³-hybridized carbons (Fsp3) is 0.457. The van der Waals surface area contributed by atoms with E-state index < -0.39 is 21.8 Å². The number of carbonyl (C=O) groups excluding carboxylic acids is 3. The van der Waals surface area contributed by atoms with Crippen molar-refractivity contribution in [3.63, 3.8) is 0 Å². The van der Waals surface area contributed by atoms with Gasteiger partial charge >= 0.3 is 0 Å². The summed E-state index contributed by atoms with van der Waals surface area (Å²) in [6, 6.07) is 15.3. The summed E-state index contributed by atoms with van der Waals surface area (Å²) < 4.78 is 35.9. The average Bonchev–Trinajstić information content (AvgIpc) is 3.62. The number of halogens is 1. The minimum absolute atomic E-state index is 0.140. The Morgan fingerprint density at radius 1 is 0.938 bits per heavy atom. The number of nitrogens with one attached hydrogen (secondary N) is 3. The van der Waals surface area contributed by atoms with Gasteiger partial charge in [0.2, 0.25) is 27.8 Å². The Balaban J connectivity index is 0.845. The van der Waals surface area contributed by atoms with Gasteiger partial charge in [-0.25, -0.2) is 18.5 Å². The van der Waals surface area contributed by atoms with Gasteiger partial charge in [0, 0.05) is 93.4 Å². The highest BCUT2D eigenvalue weighted by molar-refractivity contribution is 7.88. The van der Waals surface area contributed by atoms with Crippen molar-refractivity contribution in [3.05, 3.63) is 87.6 Å². The average molecular weight is 930 g/mol. The molecule has 8 rings (SSSR count). The van der Waals surface area contributed by atoms with Gasteiger partial charge in [0.25, 0.3) is 5.91 Å². The molecule has 0 aliphatic carbocycles. The summed E-state index contributed by atoms with van der Waals surface area (Å²) >= 11 is 6.54. The van der Waals surface area contributed by atoms with Crippen molar-refractivity contribution in [1.29, 1.82) is 0 Å². The number of carbonyl (C=O) groups is 3. The zero-order valence-electron chi connectivity index (χ0n) is 37.1. The molecule has 65 heavy (non-hydrogen) atoms. The number of hydrogen-bond donors (Lipinski definition) is 4. The maximum absolute atomic E-state index is 13.1. The van der Waals surface area contributed by atoms with Gasteiger partial charge in [-0.1, -0.05) is 36.7 Å². The molecule has 1 aromatic heterocycles. The summed E-state index contributed by atoms with van der Waals surface area (Å²) in [4.78, 5) is 55.6. The van der Waals surface area contributed by atoms with Crippen LogP contribution >= 0.6 is 11.6 Å². The number of primary sulfonamides is 1. The van der Waals surface area contributed by atoms with Crippen LogP contribution in [0.4, 0.5) is 28.8 Å². The lowest BCUT2D eigenvalue weighted by Crippen LogP contribution is -2.53. The molecule has 5 heterocycles. The van der Waals surface area contributed by atoms with Gasteiger partial charge in [-0.2, -0.15) is 4.98 Å². The predicted molar refractivity (Wildman–Crippen MR) is 250 cm³/mol. The van der Waals surface area contributed by atoms with Crippen LogP contribution in [0.25, 0.3) is 0 Å². The molecule has 346 valence electrons. The van der Waals surface area contributed by atoms with Gasteiger partial charge in [-0.05, 0) is 80.0 Å². The number of hydrogen-bond acceptors (Lipinski definition) is 14. The Morgan fingerprint density at radius 3 is 2.43 bits per heavy atom. The van der Waals surface area contributed by atoms with E-state index in [4.69, 9.17) is 26.2 Å². The van der Waals surface area contributed by atoms with Crippen molar-refractivity contribution in [3.8, 4) is 11.5 Å². The van der Waals surface area contributed by atoms with Gasteiger partial charge < -0.3 is 34.8 Å². The standard InChI is InChI=1S/C46H57ClN10O7S/c1-4-30-24-37(51-46-49-26-35(47)43(53-46)50-36-7-6-8-40(64-5-2)34(36)28-65(48,61)62)41(63-3)25-39(30)56-17-14-32(15-18-56)55-21-19-54(20-22-55)16-13-29-9-10-33-31(23-29)27-57(45(33)60)38-11-12-42(58)52-44(38)59/h6-10,23-26,32,38H,4-5,11-22,27-28H2,1-3H3,(H2,48,61,62)(H,52,58,59)(H2,49,50,51,53). The lowest BCUT2D eigenvalue weighted by atomic mass is 9.99. The summed E-state index contributed by atoms with van der Waals surface area (Å²) in [6.07, 6.45) is 5.90. The molecule has 5 N–H and O–H groups in total. The number of imide groups is 1. The molecule has 0 radical (unpaired) electrons. The SMILES string of the molecule is CCOc1cccc(Nc2nc(Nc3cc(CC)c(N4CCC(N5CCN(CCc6ccc7c(c6)CN(C6CCC(=O)NC6=O)C7=O)CC5)CC4)cc3OC)ncc2Cl)c1CS(N)(=O)=O. The molecular formula is C46H57ClN10O7S. The minimum Gasteiger partial charge on any atom is -0.494 e. The van der Waals surface area contributed by atoms with Gasteiger partial charge in [0.1, 0.15) is 22.6 Å². The number of methoxy groups -OCH3 is 1. The highest BCUT2D eigenvalue weighted by atomic mass is 35.5. The van der Waals surface area contributed by atoms with Crippen molar-refractivity contribution < 1.29 is 32.3 Å². The number of aromatic nitrogens is 2. The molecule has 3 fully saturated rings. The van der Waals surface area contributed by atoms with Crippen LogP contribution in [-0.4, -0.2) is 122 Å². The van der Waals surface area contributed by atoms with E-state index in [2.05, 4.69) is 65.7 Å². The number of piperazine rings is 1. The number of rotatable bonds is 16. The molecule has 4 aromatic rings. The molecule has 3 aromatic carbocycles. The van der Waals surface area contributed by atoms with E-state index in [1.807, 2.05) is 19.1 Å². The van der Waals surface area contributed by atoms with Crippen LogP contribution in [0.3, 0.4) is 0 Å². The molecule has 4 aliphatic heterocycles. The van der Waals surface area contributed by atoms with Gasteiger partial charge in [0.05, 0.1) is 31.4 Å². The van der Waals surface area contributed by atoms with Gasteiger partial charge in [-0.3, -0.25) is 24.6 Å². The second kappa shape index (κ2) is 19.9. The van der Waals surface area contributed by atoms with Gasteiger partial charge in [-0.15, -0.1) is 0 Å².